The van der Waals surface area contributed by atoms with E-state index in [1.807, 2.05) is 30.3 Å². The summed E-state index contributed by atoms with van der Waals surface area (Å²) < 4.78 is 5.06. The van der Waals surface area contributed by atoms with Crippen LogP contribution in [0.3, 0.4) is 0 Å². The van der Waals surface area contributed by atoms with Gasteiger partial charge in [0.2, 0.25) is 5.91 Å². The minimum absolute atomic E-state index is 0. The molecule has 5 rings (SSSR count). The third-order valence-corrected chi connectivity index (χ3v) is 5.84. The van der Waals surface area contributed by atoms with E-state index < -0.39 is 11.2 Å². The fourth-order valence-electron chi connectivity index (χ4n) is 3.89. The first-order valence-corrected chi connectivity index (χ1v) is 9.83. The monoisotopic (exact) mass is 393 g/mol. The molecule has 1 fully saturated rings. The number of anilines is 1. The minimum atomic E-state index is -0.550. The van der Waals surface area contributed by atoms with E-state index in [4.69, 9.17) is 4.42 Å². The van der Waals surface area contributed by atoms with Gasteiger partial charge in [0.25, 0.3) is 0 Å². The lowest BCUT2D eigenvalue weighted by Gasteiger charge is -2.16. The quantitative estimate of drug-likeness (QED) is 0.454. The van der Waals surface area contributed by atoms with Gasteiger partial charge in [0.1, 0.15) is 0 Å². The third-order valence-electron chi connectivity index (χ3n) is 5.84. The van der Waals surface area contributed by atoms with Crippen LogP contribution in [0.2, 0.25) is 0 Å². The Hall–Kier alpha value is -3.28. The molecular formula is C23H27N3O3. The highest BCUT2D eigenvalue weighted by molar-refractivity contribution is 6.03. The summed E-state index contributed by atoms with van der Waals surface area (Å²) in [4.78, 5) is 30.6. The number of carbonyl (C=O) groups is 1. The Labute approximate surface area is 170 Å². The van der Waals surface area contributed by atoms with Crippen LogP contribution in [0.15, 0.2) is 51.7 Å². The van der Waals surface area contributed by atoms with Crippen molar-refractivity contribution in [3.8, 4) is 0 Å². The number of carbonyl (C=O) groups excluding carboxylic acids is 1. The maximum absolute atomic E-state index is 13.1. The Morgan fingerprint density at radius 3 is 2.59 bits per heavy atom. The molecule has 6 nitrogen and oxygen atoms in total. The molecular weight excluding hydrogens is 366 g/mol. The van der Waals surface area contributed by atoms with E-state index in [1.54, 1.807) is 6.07 Å². The molecule has 0 radical (unpaired) electrons. The molecule has 4 aromatic rings. The minimum Gasteiger partial charge on any atom is -0.408 e. The number of aromatic amines is 2. The summed E-state index contributed by atoms with van der Waals surface area (Å²) in [6.07, 6.45) is 1.57. The van der Waals surface area contributed by atoms with Crippen LogP contribution in [0.1, 0.15) is 47.7 Å². The lowest BCUT2D eigenvalue weighted by atomic mass is 9.92. The van der Waals surface area contributed by atoms with Gasteiger partial charge in [-0.15, -0.1) is 0 Å². The van der Waals surface area contributed by atoms with E-state index in [9.17, 15) is 9.59 Å². The van der Waals surface area contributed by atoms with Crippen molar-refractivity contribution in [1.29, 1.82) is 0 Å². The third kappa shape index (κ3) is 2.95. The van der Waals surface area contributed by atoms with Crippen LogP contribution < -0.4 is 11.1 Å². The molecule has 1 aliphatic carbocycles. The van der Waals surface area contributed by atoms with Gasteiger partial charge in [0, 0.05) is 30.6 Å². The zero-order valence-corrected chi connectivity index (χ0v) is 16.7. The average molecular weight is 393 g/mol. The molecule has 2 aromatic carbocycles. The zero-order chi connectivity index (χ0) is 20.4. The molecule has 0 saturated heterocycles. The molecule has 1 amide bonds. The number of rotatable bonds is 3. The van der Waals surface area contributed by atoms with Gasteiger partial charge in [-0.3, -0.25) is 9.78 Å². The van der Waals surface area contributed by atoms with Gasteiger partial charge >= 0.3 is 5.76 Å². The summed E-state index contributed by atoms with van der Waals surface area (Å²) in [7, 11) is 0. The summed E-state index contributed by atoms with van der Waals surface area (Å²) in [5, 5.41) is 4.17. The van der Waals surface area contributed by atoms with Gasteiger partial charge in [0.15, 0.2) is 5.58 Å². The van der Waals surface area contributed by atoms with E-state index in [1.165, 1.54) is 0 Å². The van der Waals surface area contributed by atoms with E-state index in [0.717, 1.165) is 40.7 Å². The topological polar surface area (TPSA) is 90.9 Å². The zero-order valence-electron chi connectivity index (χ0n) is 16.7. The molecule has 1 aliphatic rings. The number of H-pyrrole nitrogens is 2. The normalized spacial score (nSPS) is 15.7. The second kappa shape index (κ2) is 5.86. The van der Waals surface area contributed by atoms with Crippen molar-refractivity contribution in [3.63, 3.8) is 0 Å². The van der Waals surface area contributed by atoms with Gasteiger partial charge < -0.3 is 14.7 Å². The molecule has 29 heavy (non-hydrogen) atoms. The van der Waals surface area contributed by atoms with Crippen molar-refractivity contribution in [2.45, 2.75) is 44.4 Å². The van der Waals surface area contributed by atoms with Gasteiger partial charge in [0.05, 0.1) is 10.9 Å². The summed E-state index contributed by atoms with van der Waals surface area (Å²) in [5.74, 6) is -0.505. The van der Waals surface area contributed by atoms with Crippen LogP contribution in [0.4, 0.5) is 5.69 Å². The summed E-state index contributed by atoms with van der Waals surface area (Å²) in [6, 6.07) is 13.5. The number of aromatic nitrogens is 2. The molecule has 1 saturated carbocycles. The lowest BCUT2D eigenvalue weighted by Crippen LogP contribution is -2.27. The van der Waals surface area contributed by atoms with E-state index in [2.05, 4.69) is 42.1 Å². The number of fused-ring (bicyclic) bond motifs is 2. The Morgan fingerprint density at radius 2 is 1.86 bits per heavy atom. The summed E-state index contributed by atoms with van der Waals surface area (Å²) >= 11 is 0. The fourth-order valence-corrected chi connectivity index (χ4v) is 3.89. The molecule has 0 bridgehead atoms. The van der Waals surface area contributed by atoms with Gasteiger partial charge in [-0.1, -0.05) is 26.8 Å². The summed E-state index contributed by atoms with van der Waals surface area (Å²) in [5.41, 5.74) is 4.51. The van der Waals surface area contributed by atoms with Crippen LogP contribution in [0, 0.1) is 0 Å². The first kappa shape index (κ1) is 17.8. The summed E-state index contributed by atoms with van der Waals surface area (Å²) in [6.45, 7) is 6.50. The highest BCUT2D eigenvalue weighted by Gasteiger charge is 2.51. The Bertz CT molecular complexity index is 1320. The second-order valence-corrected chi connectivity index (χ2v) is 9.00. The number of hydrogen-bond donors (Lipinski definition) is 3. The number of oxazole rings is 1. The largest absolute Gasteiger partial charge is 0.417 e. The van der Waals surface area contributed by atoms with Crippen LogP contribution >= 0.6 is 0 Å². The standard InChI is InChI=1S/C23H23N3O3.2H2/c1-22(2,3)19-11-13-10-15(5-6-16(13)25-19)24-20(27)23(8-9-23)14-4-7-18-17(12-14)26-21(28)29-18;;/h4-7,10-12,25H,8-9H2,1-3H3,(H,24,27)(H,26,28);2*1H. The fraction of sp³-hybridized carbons (Fsp3) is 0.304. The molecule has 0 spiro atoms. The van der Waals surface area contributed by atoms with Crippen LogP contribution in [0.5, 0.6) is 0 Å². The maximum atomic E-state index is 13.1. The average Bonchev–Trinajstić information content (AvgIpc) is 3.21. The Morgan fingerprint density at radius 1 is 1.07 bits per heavy atom. The van der Waals surface area contributed by atoms with Gasteiger partial charge in [-0.2, -0.15) is 0 Å². The molecule has 2 aromatic heterocycles. The molecule has 0 aliphatic heterocycles. The number of benzene rings is 2. The van der Waals surface area contributed by atoms with Crippen molar-refractivity contribution >= 4 is 33.6 Å². The number of hydrogen-bond acceptors (Lipinski definition) is 3. The smallest absolute Gasteiger partial charge is 0.408 e. The Balaban J connectivity index is 0.00000136. The maximum Gasteiger partial charge on any atom is 0.417 e. The van der Waals surface area contributed by atoms with Crippen molar-refractivity contribution in [3.05, 3.63) is 64.3 Å². The van der Waals surface area contributed by atoms with Gasteiger partial charge in [-0.05, 0) is 54.8 Å². The molecule has 0 atom stereocenters. The Kier molecular flexibility index (Phi) is 3.60. The van der Waals surface area contributed by atoms with Crippen LogP contribution in [0.25, 0.3) is 22.0 Å². The second-order valence-electron chi connectivity index (χ2n) is 9.00. The molecule has 0 unspecified atom stereocenters. The highest BCUT2D eigenvalue weighted by Crippen LogP contribution is 2.49. The predicted octanol–water partition coefficient (Wildman–Crippen LogP) is 5.06. The van der Waals surface area contributed by atoms with Gasteiger partial charge in [-0.25, -0.2) is 4.79 Å². The van der Waals surface area contributed by atoms with Crippen LogP contribution in [-0.2, 0) is 15.6 Å². The van der Waals surface area contributed by atoms with Crippen molar-refractivity contribution in [2.75, 3.05) is 5.32 Å². The first-order chi connectivity index (χ1) is 13.7. The molecule has 6 heteroatoms. The highest BCUT2D eigenvalue weighted by atomic mass is 16.4. The van der Waals surface area contributed by atoms with Crippen LogP contribution in [-0.4, -0.2) is 15.9 Å². The van der Waals surface area contributed by atoms with Crippen molar-refractivity contribution in [2.24, 2.45) is 0 Å². The van der Waals surface area contributed by atoms with E-state index in [0.29, 0.717) is 11.1 Å². The first-order valence-electron chi connectivity index (χ1n) is 9.83. The molecule has 2 heterocycles. The van der Waals surface area contributed by atoms with Crippen molar-refractivity contribution < 1.29 is 12.1 Å². The molecule has 152 valence electrons. The molecule has 3 N–H and O–H groups in total. The number of nitrogens with one attached hydrogen (secondary N) is 3. The van der Waals surface area contributed by atoms with E-state index >= 15 is 0 Å². The van der Waals surface area contributed by atoms with E-state index in [-0.39, 0.29) is 14.2 Å². The van der Waals surface area contributed by atoms with Crippen molar-refractivity contribution in [1.82, 2.24) is 9.97 Å². The SMILES string of the molecule is CC(C)(C)c1cc2cc(NC(=O)C3(c4ccc5oc(=O)[nH]c5c4)CC3)ccc2[nH]1.[HH].[HH]. The predicted molar refractivity (Wildman–Crippen MR) is 118 cm³/mol. The number of amides is 1. The lowest BCUT2D eigenvalue weighted by molar-refractivity contribution is -0.118.